The van der Waals surface area contributed by atoms with E-state index in [1.165, 1.54) is 23.1 Å². The van der Waals surface area contributed by atoms with Crippen LogP contribution in [0.5, 0.6) is 0 Å². The van der Waals surface area contributed by atoms with E-state index in [2.05, 4.69) is 34.7 Å². The third kappa shape index (κ3) is 7.23. The molecule has 2 rings (SSSR count). The van der Waals surface area contributed by atoms with Gasteiger partial charge in [0, 0.05) is 12.1 Å². The number of nitrogens with one attached hydrogen (secondary N) is 2. The quantitative estimate of drug-likeness (QED) is 0.736. The molecule has 0 aliphatic carbocycles. The zero-order chi connectivity index (χ0) is 18.2. The summed E-state index contributed by atoms with van der Waals surface area (Å²) in [6.45, 7) is 6.19. The number of aromatic nitrogens is 2. The molecule has 0 aliphatic heterocycles. The molecule has 0 radical (unpaired) electrons. The number of hydrogen-bond acceptors (Lipinski definition) is 6. The van der Waals surface area contributed by atoms with Gasteiger partial charge in [0.2, 0.25) is 16.9 Å². The summed E-state index contributed by atoms with van der Waals surface area (Å²) < 4.78 is 0. The number of carbonyl (C=O) groups is 2. The van der Waals surface area contributed by atoms with Gasteiger partial charge in [-0.3, -0.25) is 14.9 Å². The van der Waals surface area contributed by atoms with Crippen LogP contribution in [-0.4, -0.2) is 33.5 Å². The van der Waals surface area contributed by atoms with Crippen LogP contribution < -0.4 is 10.6 Å². The molecule has 25 heavy (non-hydrogen) atoms. The zero-order valence-electron chi connectivity index (χ0n) is 14.5. The minimum absolute atomic E-state index is 0.126. The normalized spacial score (nSPS) is 10.7. The van der Waals surface area contributed by atoms with Gasteiger partial charge in [0.15, 0.2) is 0 Å². The third-order valence-electron chi connectivity index (χ3n) is 3.06. The standard InChI is InChI=1S/C17H22N4O2S2/c1-11(2)7-16-20-21-17(25-16)19-15(23)10-24-9-14(22)18-13-6-4-5-12(3)8-13/h4-6,8,11H,7,9-10H2,1-3H3,(H,18,22)(H,19,21,23). The predicted octanol–water partition coefficient (Wildman–Crippen LogP) is 3.36. The van der Waals surface area contributed by atoms with E-state index in [-0.39, 0.29) is 23.3 Å². The molecule has 0 spiro atoms. The van der Waals surface area contributed by atoms with Crippen molar-refractivity contribution in [2.24, 2.45) is 5.92 Å². The van der Waals surface area contributed by atoms with E-state index in [0.29, 0.717) is 11.0 Å². The Balaban J connectivity index is 1.69. The van der Waals surface area contributed by atoms with Crippen molar-refractivity contribution in [3.63, 3.8) is 0 Å². The fourth-order valence-corrected chi connectivity index (χ4v) is 3.63. The summed E-state index contributed by atoms with van der Waals surface area (Å²) in [6, 6.07) is 7.60. The fourth-order valence-electron chi connectivity index (χ4n) is 2.05. The predicted molar refractivity (Wildman–Crippen MR) is 104 cm³/mol. The number of thioether (sulfide) groups is 1. The summed E-state index contributed by atoms with van der Waals surface area (Å²) in [5, 5.41) is 15.0. The first-order chi connectivity index (χ1) is 11.9. The van der Waals surface area contributed by atoms with Crippen LogP contribution in [0.1, 0.15) is 24.4 Å². The Kier molecular flexibility index (Phi) is 7.39. The Morgan fingerprint density at radius 1 is 1.16 bits per heavy atom. The van der Waals surface area contributed by atoms with Crippen LogP contribution in [0.3, 0.4) is 0 Å². The lowest BCUT2D eigenvalue weighted by atomic mass is 10.1. The number of rotatable bonds is 8. The lowest BCUT2D eigenvalue weighted by molar-refractivity contribution is -0.114. The monoisotopic (exact) mass is 378 g/mol. The second kappa shape index (κ2) is 9.53. The number of anilines is 2. The molecule has 0 unspecified atom stereocenters. The van der Waals surface area contributed by atoms with E-state index in [0.717, 1.165) is 22.7 Å². The van der Waals surface area contributed by atoms with E-state index in [4.69, 9.17) is 0 Å². The molecule has 2 amide bonds. The summed E-state index contributed by atoms with van der Waals surface area (Å²) in [4.78, 5) is 23.8. The van der Waals surface area contributed by atoms with Crippen molar-refractivity contribution in [1.29, 1.82) is 0 Å². The largest absolute Gasteiger partial charge is 0.325 e. The van der Waals surface area contributed by atoms with Gasteiger partial charge >= 0.3 is 0 Å². The zero-order valence-corrected chi connectivity index (χ0v) is 16.2. The lowest BCUT2D eigenvalue weighted by Gasteiger charge is -2.05. The highest BCUT2D eigenvalue weighted by Gasteiger charge is 2.10. The van der Waals surface area contributed by atoms with Crippen molar-refractivity contribution < 1.29 is 9.59 Å². The van der Waals surface area contributed by atoms with Crippen molar-refractivity contribution in [2.75, 3.05) is 22.1 Å². The van der Waals surface area contributed by atoms with Crippen LogP contribution in [0.4, 0.5) is 10.8 Å². The van der Waals surface area contributed by atoms with Gasteiger partial charge in [0.1, 0.15) is 5.01 Å². The number of nitrogens with zero attached hydrogens (tertiary/aromatic N) is 2. The van der Waals surface area contributed by atoms with Crippen molar-refractivity contribution >= 4 is 45.7 Å². The molecule has 0 saturated carbocycles. The van der Waals surface area contributed by atoms with Crippen molar-refractivity contribution in [1.82, 2.24) is 10.2 Å². The number of carbonyl (C=O) groups excluding carboxylic acids is 2. The average Bonchev–Trinajstić information content (AvgIpc) is 2.93. The molecule has 8 heteroatoms. The lowest BCUT2D eigenvalue weighted by Crippen LogP contribution is -2.18. The molecule has 0 atom stereocenters. The first-order valence-corrected chi connectivity index (χ1v) is 9.96. The van der Waals surface area contributed by atoms with E-state index in [9.17, 15) is 9.59 Å². The van der Waals surface area contributed by atoms with Crippen LogP contribution in [0.25, 0.3) is 0 Å². The topological polar surface area (TPSA) is 84.0 Å². The molecule has 0 bridgehead atoms. The van der Waals surface area contributed by atoms with Gasteiger partial charge in [-0.2, -0.15) is 0 Å². The molecule has 1 heterocycles. The highest BCUT2D eigenvalue weighted by Crippen LogP contribution is 2.18. The van der Waals surface area contributed by atoms with Crippen LogP contribution in [-0.2, 0) is 16.0 Å². The Bertz CT molecular complexity index is 731. The van der Waals surface area contributed by atoms with Gasteiger partial charge < -0.3 is 5.32 Å². The smallest absolute Gasteiger partial charge is 0.236 e. The Morgan fingerprint density at radius 2 is 1.88 bits per heavy atom. The minimum atomic E-state index is -0.180. The second-order valence-corrected chi connectivity index (χ2v) is 8.11. The molecule has 2 aromatic rings. The number of benzene rings is 1. The summed E-state index contributed by atoms with van der Waals surface area (Å²) in [5.74, 6) is 0.606. The number of amides is 2. The van der Waals surface area contributed by atoms with Gasteiger partial charge in [-0.1, -0.05) is 37.3 Å². The average molecular weight is 379 g/mol. The fraction of sp³-hybridized carbons (Fsp3) is 0.412. The Labute approximate surface area is 155 Å². The Morgan fingerprint density at radius 3 is 2.56 bits per heavy atom. The third-order valence-corrected chi connectivity index (χ3v) is 4.86. The molecule has 0 aliphatic rings. The SMILES string of the molecule is Cc1cccc(NC(=O)CSCC(=O)Nc2nnc(CC(C)C)s2)c1. The van der Waals surface area contributed by atoms with Crippen molar-refractivity contribution in [2.45, 2.75) is 27.2 Å². The van der Waals surface area contributed by atoms with Crippen LogP contribution in [0.15, 0.2) is 24.3 Å². The molecule has 0 saturated heterocycles. The highest BCUT2D eigenvalue weighted by molar-refractivity contribution is 8.00. The van der Waals surface area contributed by atoms with Gasteiger partial charge in [-0.05, 0) is 30.5 Å². The van der Waals surface area contributed by atoms with Crippen LogP contribution in [0, 0.1) is 12.8 Å². The molecular formula is C17H22N4O2S2. The molecule has 2 N–H and O–H groups in total. The molecule has 0 fully saturated rings. The maximum Gasteiger partial charge on any atom is 0.236 e. The Hall–Kier alpha value is -1.93. The second-order valence-electron chi connectivity index (χ2n) is 6.06. The van der Waals surface area contributed by atoms with E-state index >= 15 is 0 Å². The number of aryl methyl sites for hydroxylation is 1. The summed E-state index contributed by atoms with van der Waals surface area (Å²) >= 11 is 2.65. The van der Waals surface area contributed by atoms with Crippen LogP contribution in [0.2, 0.25) is 0 Å². The van der Waals surface area contributed by atoms with E-state index in [1.54, 1.807) is 0 Å². The minimum Gasteiger partial charge on any atom is -0.325 e. The van der Waals surface area contributed by atoms with Gasteiger partial charge in [-0.25, -0.2) is 0 Å². The van der Waals surface area contributed by atoms with E-state index in [1.807, 2.05) is 31.2 Å². The molecule has 134 valence electrons. The first kappa shape index (κ1) is 19.4. The van der Waals surface area contributed by atoms with Crippen molar-refractivity contribution in [3.8, 4) is 0 Å². The van der Waals surface area contributed by atoms with Crippen LogP contribution >= 0.6 is 23.1 Å². The van der Waals surface area contributed by atoms with Crippen molar-refractivity contribution in [3.05, 3.63) is 34.8 Å². The van der Waals surface area contributed by atoms with Gasteiger partial charge in [0.25, 0.3) is 0 Å². The molecule has 1 aromatic heterocycles. The van der Waals surface area contributed by atoms with Gasteiger partial charge in [-0.15, -0.1) is 22.0 Å². The summed E-state index contributed by atoms with van der Waals surface area (Å²) in [6.07, 6.45) is 0.849. The summed E-state index contributed by atoms with van der Waals surface area (Å²) in [7, 11) is 0. The maximum atomic E-state index is 11.9. The summed E-state index contributed by atoms with van der Waals surface area (Å²) in [5.41, 5.74) is 1.85. The molecular weight excluding hydrogens is 356 g/mol. The number of hydrogen-bond donors (Lipinski definition) is 2. The maximum absolute atomic E-state index is 11.9. The molecule has 6 nitrogen and oxygen atoms in total. The highest BCUT2D eigenvalue weighted by atomic mass is 32.2. The molecule has 1 aromatic carbocycles. The first-order valence-electron chi connectivity index (χ1n) is 7.99. The van der Waals surface area contributed by atoms with E-state index < -0.39 is 0 Å². The van der Waals surface area contributed by atoms with Gasteiger partial charge in [0.05, 0.1) is 11.5 Å².